The van der Waals surface area contributed by atoms with Crippen LogP contribution in [0.3, 0.4) is 0 Å². The van der Waals surface area contributed by atoms with E-state index in [1.54, 1.807) is 30.5 Å². The van der Waals surface area contributed by atoms with Crippen LogP contribution in [0.5, 0.6) is 5.75 Å². The zero-order valence-electron chi connectivity index (χ0n) is 17.7. The molecule has 0 unspecified atom stereocenters. The van der Waals surface area contributed by atoms with Gasteiger partial charge in [0.05, 0.1) is 18.7 Å². The highest BCUT2D eigenvalue weighted by Crippen LogP contribution is 2.21. The lowest BCUT2D eigenvalue weighted by Crippen LogP contribution is -2.36. The molecule has 1 aromatic carbocycles. The van der Waals surface area contributed by atoms with Gasteiger partial charge in [-0.3, -0.25) is 9.59 Å². The highest BCUT2D eigenvalue weighted by molar-refractivity contribution is 5.98. The molecule has 3 rings (SSSR count). The fourth-order valence-electron chi connectivity index (χ4n) is 3.40. The molecule has 0 spiro atoms. The number of para-hydroxylation sites is 1. The topological polar surface area (TPSA) is 83.6 Å². The van der Waals surface area contributed by atoms with Crippen LogP contribution in [0.25, 0.3) is 0 Å². The number of hydrogen-bond acceptors (Lipinski definition) is 5. The van der Waals surface area contributed by atoms with Crippen molar-refractivity contribution in [3.05, 3.63) is 53.7 Å². The lowest BCUT2D eigenvalue weighted by atomic mass is 9.99. The average Bonchev–Trinajstić information content (AvgIpc) is 2.77. The van der Waals surface area contributed by atoms with Crippen molar-refractivity contribution >= 4 is 17.6 Å². The van der Waals surface area contributed by atoms with Crippen molar-refractivity contribution in [3.8, 4) is 5.75 Å². The third-order valence-electron chi connectivity index (χ3n) is 5.25. The Morgan fingerprint density at radius 3 is 2.60 bits per heavy atom. The fraction of sp³-hybridized carbons (Fsp3) is 0.435. The first-order valence-corrected chi connectivity index (χ1v) is 10.5. The summed E-state index contributed by atoms with van der Waals surface area (Å²) in [6.45, 7) is 6.96. The van der Waals surface area contributed by atoms with Crippen LogP contribution in [0.2, 0.25) is 0 Å². The number of nitrogens with one attached hydrogen (secondary N) is 2. The Morgan fingerprint density at radius 2 is 1.90 bits per heavy atom. The van der Waals surface area contributed by atoms with Crippen molar-refractivity contribution in [2.24, 2.45) is 5.92 Å². The van der Waals surface area contributed by atoms with Crippen LogP contribution in [-0.4, -0.2) is 43.0 Å². The Morgan fingerprint density at radius 1 is 1.13 bits per heavy atom. The van der Waals surface area contributed by atoms with Gasteiger partial charge in [-0.1, -0.05) is 25.1 Å². The summed E-state index contributed by atoms with van der Waals surface area (Å²) in [5, 5.41) is 5.45. The maximum atomic E-state index is 12.3. The van der Waals surface area contributed by atoms with E-state index in [9.17, 15) is 9.59 Å². The Balaban J connectivity index is 1.44. The number of carbonyl (C=O) groups is 2. The number of amides is 2. The minimum absolute atomic E-state index is 0.100. The number of benzene rings is 1. The normalized spacial score (nSPS) is 14.3. The van der Waals surface area contributed by atoms with Crippen LogP contribution in [0.1, 0.15) is 42.6 Å². The van der Waals surface area contributed by atoms with Crippen LogP contribution in [0.4, 0.5) is 5.82 Å². The van der Waals surface area contributed by atoms with Gasteiger partial charge < -0.3 is 20.3 Å². The lowest BCUT2D eigenvalue weighted by molar-refractivity contribution is -0.120. The number of anilines is 1. The summed E-state index contributed by atoms with van der Waals surface area (Å²) in [6.07, 6.45) is 4.19. The molecule has 1 saturated heterocycles. The number of aromatic nitrogens is 1. The van der Waals surface area contributed by atoms with Crippen LogP contribution in [-0.2, 0) is 11.3 Å². The molecular formula is C23H30N4O3. The Hall–Kier alpha value is -3.09. The molecule has 0 radical (unpaired) electrons. The van der Waals surface area contributed by atoms with Crippen LogP contribution in [0, 0.1) is 5.92 Å². The van der Waals surface area contributed by atoms with Gasteiger partial charge in [-0.25, -0.2) is 4.98 Å². The molecule has 2 N–H and O–H groups in total. The molecule has 7 nitrogen and oxygen atoms in total. The molecule has 1 aromatic heterocycles. The van der Waals surface area contributed by atoms with E-state index in [4.69, 9.17) is 4.74 Å². The largest absolute Gasteiger partial charge is 0.493 e. The quantitative estimate of drug-likeness (QED) is 0.699. The Labute approximate surface area is 177 Å². The first-order chi connectivity index (χ1) is 14.6. The molecule has 1 aliphatic heterocycles. The zero-order valence-corrected chi connectivity index (χ0v) is 17.7. The van der Waals surface area contributed by atoms with Gasteiger partial charge in [0.2, 0.25) is 5.91 Å². The number of pyridine rings is 1. The maximum absolute atomic E-state index is 12.3. The van der Waals surface area contributed by atoms with Gasteiger partial charge in [0.15, 0.2) is 0 Å². The molecule has 1 fully saturated rings. The molecule has 0 bridgehead atoms. The van der Waals surface area contributed by atoms with Crippen LogP contribution >= 0.6 is 0 Å². The summed E-state index contributed by atoms with van der Waals surface area (Å²) in [4.78, 5) is 31.3. The van der Waals surface area contributed by atoms with E-state index in [0.717, 1.165) is 30.4 Å². The van der Waals surface area contributed by atoms with E-state index in [-0.39, 0.29) is 18.4 Å². The van der Waals surface area contributed by atoms with Gasteiger partial charge in [-0.2, -0.15) is 0 Å². The number of hydrogen-bond donors (Lipinski definition) is 2. The number of ether oxygens (including phenoxy) is 1. The number of rotatable bonds is 8. The third kappa shape index (κ3) is 5.95. The molecule has 0 saturated carbocycles. The molecule has 2 heterocycles. The zero-order chi connectivity index (χ0) is 21.3. The van der Waals surface area contributed by atoms with Crippen molar-refractivity contribution < 1.29 is 14.3 Å². The van der Waals surface area contributed by atoms with Crippen molar-refractivity contribution in [1.29, 1.82) is 0 Å². The average molecular weight is 411 g/mol. The highest BCUT2D eigenvalue weighted by atomic mass is 16.5. The van der Waals surface area contributed by atoms with Gasteiger partial charge in [-0.05, 0) is 49.4 Å². The van der Waals surface area contributed by atoms with Gasteiger partial charge in [-0.15, -0.1) is 0 Å². The summed E-state index contributed by atoms with van der Waals surface area (Å²) in [5.74, 6) is 1.68. The first-order valence-electron chi connectivity index (χ1n) is 10.5. The van der Waals surface area contributed by atoms with Crippen molar-refractivity contribution in [3.63, 3.8) is 0 Å². The first kappa shape index (κ1) is 21.6. The SMILES string of the molecule is CCOc1ccccc1C(=O)NCC(=O)NCc1ccc(N2CCC(C)CC2)nc1. The smallest absolute Gasteiger partial charge is 0.255 e. The van der Waals surface area contributed by atoms with E-state index in [1.165, 1.54) is 12.8 Å². The van der Waals surface area contributed by atoms with Gasteiger partial charge in [0.1, 0.15) is 11.6 Å². The summed E-state index contributed by atoms with van der Waals surface area (Å²) < 4.78 is 5.46. The molecular weight excluding hydrogens is 380 g/mol. The molecule has 2 aromatic rings. The second-order valence-electron chi connectivity index (χ2n) is 7.58. The van der Waals surface area contributed by atoms with E-state index in [0.29, 0.717) is 24.5 Å². The monoisotopic (exact) mass is 410 g/mol. The molecule has 2 amide bonds. The predicted molar refractivity (Wildman–Crippen MR) is 117 cm³/mol. The fourth-order valence-corrected chi connectivity index (χ4v) is 3.40. The minimum atomic E-state index is -0.337. The van der Waals surface area contributed by atoms with Gasteiger partial charge in [0.25, 0.3) is 5.91 Å². The molecule has 0 atom stereocenters. The number of nitrogens with zero attached hydrogens (tertiary/aromatic N) is 2. The highest BCUT2D eigenvalue weighted by Gasteiger charge is 2.17. The predicted octanol–water partition coefficient (Wildman–Crippen LogP) is 2.76. The Kier molecular flexibility index (Phi) is 7.65. The summed E-state index contributed by atoms with van der Waals surface area (Å²) in [6, 6.07) is 11.0. The van der Waals surface area contributed by atoms with E-state index < -0.39 is 0 Å². The van der Waals surface area contributed by atoms with Crippen LogP contribution in [0.15, 0.2) is 42.6 Å². The van der Waals surface area contributed by atoms with Crippen molar-refractivity contribution in [2.45, 2.75) is 33.2 Å². The third-order valence-corrected chi connectivity index (χ3v) is 5.25. The van der Waals surface area contributed by atoms with E-state index in [2.05, 4.69) is 27.4 Å². The van der Waals surface area contributed by atoms with Gasteiger partial charge in [0, 0.05) is 25.8 Å². The van der Waals surface area contributed by atoms with Crippen molar-refractivity contribution in [1.82, 2.24) is 15.6 Å². The maximum Gasteiger partial charge on any atom is 0.255 e. The van der Waals surface area contributed by atoms with Crippen molar-refractivity contribution in [2.75, 3.05) is 31.1 Å². The lowest BCUT2D eigenvalue weighted by Gasteiger charge is -2.31. The number of piperidine rings is 1. The van der Waals surface area contributed by atoms with E-state index in [1.807, 2.05) is 19.1 Å². The second kappa shape index (κ2) is 10.6. The second-order valence-corrected chi connectivity index (χ2v) is 7.58. The van der Waals surface area contributed by atoms with Crippen LogP contribution < -0.4 is 20.3 Å². The molecule has 1 aliphatic rings. The van der Waals surface area contributed by atoms with Gasteiger partial charge >= 0.3 is 0 Å². The number of carbonyl (C=O) groups excluding carboxylic acids is 2. The molecule has 30 heavy (non-hydrogen) atoms. The standard InChI is InChI=1S/C23H30N4O3/c1-3-30-20-7-5-4-6-19(20)23(29)26-16-22(28)25-15-18-8-9-21(24-14-18)27-12-10-17(2)11-13-27/h4-9,14,17H,3,10-13,15-16H2,1-2H3,(H,25,28)(H,26,29). The molecule has 7 heteroatoms. The minimum Gasteiger partial charge on any atom is -0.493 e. The molecule has 160 valence electrons. The summed E-state index contributed by atoms with van der Waals surface area (Å²) >= 11 is 0. The Bertz CT molecular complexity index is 846. The molecule has 0 aliphatic carbocycles. The summed E-state index contributed by atoms with van der Waals surface area (Å²) in [7, 11) is 0. The van der Waals surface area contributed by atoms with E-state index >= 15 is 0 Å². The summed E-state index contributed by atoms with van der Waals surface area (Å²) in [5.41, 5.74) is 1.34.